The van der Waals surface area contributed by atoms with E-state index in [0.717, 1.165) is 30.6 Å². The van der Waals surface area contributed by atoms with Gasteiger partial charge in [0.1, 0.15) is 11.4 Å². The van der Waals surface area contributed by atoms with E-state index in [1.165, 1.54) is 0 Å². The third kappa shape index (κ3) is 4.07. The molecule has 0 aliphatic carbocycles. The van der Waals surface area contributed by atoms with E-state index in [1.807, 2.05) is 23.1 Å². The van der Waals surface area contributed by atoms with Gasteiger partial charge in [-0.15, -0.1) is 0 Å². The van der Waals surface area contributed by atoms with Gasteiger partial charge < -0.3 is 19.4 Å². The van der Waals surface area contributed by atoms with Gasteiger partial charge in [0, 0.05) is 40.9 Å². The van der Waals surface area contributed by atoms with Crippen molar-refractivity contribution in [2.45, 2.75) is 58.2 Å². The number of carbonyl (C=O) groups is 1. The fourth-order valence-corrected chi connectivity index (χ4v) is 5.99. The van der Waals surface area contributed by atoms with Crippen molar-refractivity contribution in [2.24, 2.45) is 11.3 Å². The molecule has 34 heavy (non-hydrogen) atoms. The van der Waals surface area contributed by atoms with Gasteiger partial charge in [-0.1, -0.05) is 11.6 Å². The summed E-state index contributed by atoms with van der Waals surface area (Å²) in [5, 5.41) is 0.674. The minimum Gasteiger partial charge on any atom is -0.487 e. The van der Waals surface area contributed by atoms with E-state index < -0.39 is 11.2 Å². The highest BCUT2D eigenvalue weighted by molar-refractivity contribution is 6.30. The van der Waals surface area contributed by atoms with Crippen molar-refractivity contribution in [3.8, 4) is 5.75 Å². The van der Waals surface area contributed by atoms with Gasteiger partial charge in [-0.05, 0) is 63.6 Å². The number of hydrogen-bond acceptors (Lipinski definition) is 5. The van der Waals surface area contributed by atoms with Crippen LogP contribution in [0.25, 0.3) is 0 Å². The second kappa shape index (κ2) is 8.27. The maximum atomic E-state index is 12.9. The third-order valence-electron chi connectivity index (χ3n) is 7.89. The highest BCUT2D eigenvalue weighted by Crippen LogP contribution is 2.55. The third-order valence-corrected chi connectivity index (χ3v) is 8.13. The molecule has 2 aromatic rings. The van der Waals surface area contributed by atoms with Crippen LogP contribution in [0.5, 0.6) is 5.75 Å². The van der Waals surface area contributed by atoms with Crippen molar-refractivity contribution in [1.29, 1.82) is 0 Å². The SMILES string of the molecule is Cc1[nH]c(=O)[nH]c(=O)c1CC(=O)N1CCC2(CC1)CO[C@@H]1c3cc(Cl)ccc3OC(C)(C)[C@H]1C2. The topological polar surface area (TPSA) is 104 Å². The van der Waals surface area contributed by atoms with Crippen molar-refractivity contribution >= 4 is 17.5 Å². The lowest BCUT2D eigenvalue weighted by Gasteiger charge is -2.54. The summed E-state index contributed by atoms with van der Waals surface area (Å²) in [5.74, 6) is 0.909. The highest BCUT2D eigenvalue weighted by atomic mass is 35.5. The van der Waals surface area contributed by atoms with Gasteiger partial charge in [0.15, 0.2) is 0 Å². The van der Waals surface area contributed by atoms with Crippen molar-refractivity contribution in [1.82, 2.24) is 14.9 Å². The zero-order valence-corrected chi connectivity index (χ0v) is 20.5. The summed E-state index contributed by atoms with van der Waals surface area (Å²) in [6.45, 7) is 7.74. The fourth-order valence-electron chi connectivity index (χ4n) is 5.81. The number of piperidine rings is 1. The number of carbonyl (C=O) groups excluding carboxylic acids is 1. The lowest BCUT2D eigenvalue weighted by atomic mass is 9.64. The van der Waals surface area contributed by atoms with Crippen molar-refractivity contribution in [3.63, 3.8) is 0 Å². The van der Waals surface area contributed by atoms with Crippen LogP contribution in [0, 0.1) is 18.3 Å². The normalized spacial score (nSPS) is 24.8. The van der Waals surface area contributed by atoms with Crippen LogP contribution >= 0.6 is 11.6 Å². The Labute approximate surface area is 202 Å². The Morgan fingerprint density at radius 3 is 2.65 bits per heavy atom. The summed E-state index contributed by atoms with van der Waals surface area (Å²) in [6, 6.07) is 5.71. The van der Waals surface area contributed by atoms with Gasteiger partial charge in [0.05, 0.1) is 19.1 Å². The smallest absolute Gasteiger partial charge is 0.325 e. The molecule has 0 unspecified atom stereocenters. The molecule has 1 aromatic carbocycles. The zero-order chi connectivity index (χ0) is 24.3. The predicted octanol–water partition coefficient (Wildman–Crippen LogP) is 3.13. The number of halogens is 1. The van der Waals surface area contributed by atoms with Crippen LogP contribution in [0.4, 0.5) is 0 Å². The molecule has 9 heteroatoms. The number of fused-ring (bicyclic) bond motifs is 3. The summed E-state index contributed by atoms with van der Waals surface area (Å²) in [7, 11) is 0. The molecule has 8 nitrogen and oxygen atoms in total. The minimum atomic E-state index is -0.561. The van der Waals surface area contributed by atoms with E-state index in [9.17, 15) is 14.4 Å². The molecule has 1 aromatic heterocycles. The van der Waals surface area contributed by atoms with Crippen LogP contribution in [-0.2, 0) is 16.0 Å². The second-order valence-corrected chi connectivity index (χ2v) is 10.9. The molecule has 1 spiro atoms. The van der Waals surface area contributed by atoms with Gasteiger partial charge in [-0.2, -0.15) is 0 Å². The van der Waals surface area contributed by atoms with E-state index in [2.05, 4.69) is 23.8 Å². The quantitative estimate of drug-likeness (QED) is 0.677. The number of aromatic nitrogens is 2. The molecule has 4 heterocycles. The molecule has 2 saturated heterocycles. The standard InChI is InChI=1S/C25H30ClN3O5/c1-14-16(22(31)28-23(32)27-14)11-20(30)29-8-6-25(7-9-29)12-18-21(33-13-25)17-10-15(26)4-5-19(17)34-24(18,2)3/h4-5,10,18,21H,6-9,11-13H2,1-3H3,(H2,27,28,31,32)/t18-,21+/m0/s1. The number of aromatic amines is 2. The maximum Gasteiger partial charge on any atom is 0.325 e. The van der Waals surface area contributed by atoms with E-state index in [4.69, 9.17) is 21.1 Å². The first-order chi connectivity index (χ1) is 16.1. The number of likely N-dealkylation sites (tertiary alicyclic amines) is 1. The number of rotatable bonds is 2. The van der Waals surface area contributed by atoms with Crippen LogP contribution < -0.4 is 16.0 Å². The van der Waals surface area contributed by atoms with Crippen molar-refractivity contribution in [2.75, 3.05) is 19.7 Å². The van der Waals surface area contributed by atoms with Crippen LogP contribution in [0.2, 0.25) is 5.02 Å². The molecule has 0 radical (unpaired) electrons. The minimum absolute atomic E-state index is 0.0139. The molecule has 2 fully saturated rings. The average Bonchev–Trinajstić information content (AvgIpc) is 2.77. The van der Waals surface area contributed by atoms with Crippen LogP contribution in [-0.4, -0.2) is 46.1 Å². The van der Waals surface area contributed by atoms with E-state index >= 15 is 0 Å². The number of H-pyrrole nitrogens is 2. The fraction of sp³-hybridized carbons (Fsp3) is 0.560. The zero-order valence-electron chi connectivity index (χ0n) is 19.7. The molecule has 2 atom stereocenters. The van der Waals surface area contributed by atoms with Gasteiger partial charge >= 0.3 is 5.69 Å². The van der Waals surface area contributed by atoms with Crippen molar-refractivity contribution < 1.29 is 14.3 Å². The monoisotopic (exact) mass is 487 g/mol. The first kappa shape index (κ1) is 23.2. The lowest BCUT2D eigenvalue weighted by molar-refractivity contribution is -0.176. The molecular formula is C25H30ClN3O5. The number of benzene rings is 1. The Bertz CT molecular complexity index is 1240. The van der Waals surface area contributed by atoms with E-state index in [0.29, 0.717) is 36.0 Å². The maximum absolute atomic E-state index is 12.9. The number of amides is 1. The molecule has 5 rings (SSSR count). The highest BCUT2D eigenvalue weighted by Gasteiger charge is 2.52. The lowest BCUT2D eigenvalue weighted by Crippen LogP contribution is -2.54. The van der Waals surface area contributed by atoms with Gasteiger partial charge in [-0.3, -0.25) is 14.6 Å². The summed E-state index contributed by atoms with van der Waals surface area (Å²) >= 11 is 6.26. The molecule has 0 bridgehead atoms. The van der Waals surface area contributed by atoms with Crippen LogP contribution in [0.3, 0.4) is 0 Å². The molecule has 3 aliphatic rings. The Balaban J connectivity index is 1.28. The molecular weight excluding hydrogens is 458 g/mol. The predicted molar refractivity (Wildman–Crippen MR) is 127 cm³/mol. The average molecular weight is 488 g/mol. The molecule has 0 saturated carbocycles. The molecule has 182 valence electrons. The summed E-state index contributed by atoms with van der Waals surface area (Å²) in [6.07, 6.45) is 2.54. The first-order valence-electron chi connectivity index (χ1n) is 11.8. The second-order valence-electron chi connectivity index (χ2n) is 10.5. The van der Waals surface area contributed by atoms with Gasteiger partial charge in [-0.25, -0.2) is 4.79 Å². The van der Waals surface area contributed by atoms with Crippen LogP contribution in [0.15, 0.2) is 27.8 Å². The number of nitrogens with zero attached hydrogens (tertiary/aromatic N) is 1. The van der Waals surface area contributed by atoms with Crippen molar-refractivity contribution in [3.05, 3.63) is 60.9 Å². The number of hydrogen-bond donors (Lipinski definition) is 2. The van der Waals surface area contributed by atoms with Gasteiger partial charge in [0.25, 0.3) is 5.56 Å². The first-order valence-corrected chi connectivity index (χ1v) is 12.1. The number of nitrogens with one attached hydrogen (secondary N) is 2. The number of aryl methyl sites for hydroxylation is 1. The largest absolute Gasteiger partial charge is 0.487 e. The molecule has 2 N–H and O–H groups in total. The summed E-state index contributed by atoms with van der Waals surface area (Å²) in [4.78, 5) is 43.1. The Morgan fingerprint density at radius 2 is 1.94 bits per heavy atom. The Kier molecular flexibility index (Phi) is 5.64. The molecule has 1 amide bonds. The summed E-state index contributed by atoms with van der Waals surface area (Å²) in [5.41, 5.74) is 0.299. The van der Waals surface area contributed by atoms with E-state index in [1.54, 1.807) is 6.92 Å². The van der Waals surface area contributed by atoms with Gasteiger partial charge in [0.2, 0.25) is 5.91 Å². The number of ether oxygens (including phenoxy) is 2. The Morgan fingerprint density at radius 1 is 1.21 bits per heavy atom. The van der Waals surface area contributed by atoms with Crippen LogP contribution in [0.1, 0.15) is 56.0 Å². The Hall–Kier alpha value is -2.58. The van der Waals surface area contributed by atoms with E-state index in [-0.39, 0.29) is 35.4 Å². The molecule has 3 aliphatic heterocycles. The summed E-state index contributed by atoms with van der Waals surface area (Å²) < 4.78 is 12.9.